The molecule has 2 aromatic rings. The summed E-state index contributed by atoms with van der Waals surface area (Å²) in [4.78, 5) is 54.8. The zero-order valence-corrected chi connectivity index (χ0v) is 32.8. The van der Waals surface area contributed by atoms with Gasteiger partial charge in [0.2, 0.25) is 0 Å². The quantitative estimate of drug-likeness (QED) is 0.162. The number of benzene rings is 2. The fourth-order valence-corrected chi connectivity index (χ4v) is 5.21. The third-order valence-electron chi connectivity index (χ3n) is 7.70. The Kier molecular flexibility index (Phi) is 19.4. The Morgan fingerprint density at radius 2 is 0.868 bits per heavy atom. The monoisotopic (exact) mass is 748 g/mol. The fourth-order valence-electron chi connectivity index (χ4n) is 5.21. The lowest BCUT2D eigenvalue weighted by Gasteiger charge is -2.22. The molecule has 2 rings (SSSR count). The Balaban J connectivity index is 2.28. The molecule has 0 saturated carbocycles. The lowest BCUT2D eigenvalue weighted by atomic mass is 9.95. The zero-order valence-electron chi connectivity index (χ0n) is 32.8. The summed E-state index contributed by atoms with van der Waals surface area (Å²) in [5.41, 5.74) is 4.46. The number of carbonyl (C=O) groups excluding carboxylic acids is 4. The van der Waals surface area contributed by atoms with Gasteiger partial charge >= 0.3 is 24.0 Å². The first-order valence-corrected chi connectivity index (χ1v) is 17.0. The molecule has 2 aromatic carbocycles. The van der Waals surface area contributed by atoms with E-state index >= 15 is 0 Å². The van der Waals surface area contributed by atoms with Gasteiger partial charge in [-0.3, -0.25) is 4.79 Å². The second-order valence-corrected chi connectivity index (χ2v) is 12.5. The van der Waals surface area contributed by atoms with Gasteiger partial charge in [0.1, 0.15) is 24.7 Å². The molecule has 53 heavy (non-hydrogen) atoms. The van der Waals surface area contributed by atoms with Crippen LogP contribution in [0.2, 0.25) is 0 Å². The highest BCUT2D eigenvalue weighted by atomic mass is 16.6. The van der Waals surface area contributed by atoms with E-state index in [1.807, 2.05) is 24.3 Å². The molecular formula is C37H56N4O12. The zero-order chi connectivity index (χ0) is 39.5. The van der Waals surface area contributed by atoms with Crippen molar-refractivity contribution in [1.29, 1.82) is 0 Å². The molecule has 4 amide bonds. The molecule has 296 valence electrons. The van der Waals surface area contributed by atoms with Crippen LogP contribution in [0.15, 0.2) is 24.3 Å². The lowest BCUT2D eigenvalue weighted by molar-refractivity contribution is -0.146. The molecule has 0 N–H and O–H groups in total. The van der Waals surface area contributed by atoms with Gasteiger partial charge in [0, 0.05) is 93.0 Å². The molecule has 0 bridgehead atoms. The molecule has 0 saturated heterocycles. The van der Waals surface area contributed by atoms with Crippen LogP contribution < -0.4 is 9.47 Å². The summed E-state index contributed by atoms with van der Waals surface area (Å²) in [7, 11) is 16.1. The van der Waals surface area contributed by atoms with Gasteiger partial charge in [0.15, 0.2) is 6.61 Å². The number of ether oxygens (including phenoxy) is 8. The maximum absolute atomic E-state index is 12.6. The van der Waals surface area contributed by atoms with Gasteiger partial charge < -0.3 is 57.5 Å². The van der Waals surface area contributed by atoms with Crippen molar-refractivity contribution in [3.8, 4) is 22.6 Å². The van der Waals surface area contributed by atoms with E-state index in [9.17, 15) is 19.2 Å². The largest absolute Gasteiger partial charge is 0.492 e. The summed E-state index contributed by atoms with van der Waals surface area (Å²) in [5.74, 6) is -0.0735. The molecule has 0 radical (unpaired) electrons. The van der Waals surface area contributed by atoms with Gasteiger partial charge in [0.25, 0.3) is 0 Å². The number of carbonyl (C=O) groups is 4. The molecule has 0 fully saturated rings. The number of amides is 4. The average molecular weight is 749 g/mol. The predicted octanol–water partition coefficient (Wildman–Crippen LogP) is 3.40. The minimum absolute atomic E-state index is 0.00508. The molecule has 16 nitrogen and oxygen atoms in total. The summed E-state index contributed by atoms with van der Waals surface area (Å²) in [5, 5.41) is 0. The van der Waals surface area contributed by atoms with Crippen molar-refractivity contribution in [3.63, 3.8) is 0 Å². The number of hydrogen-bond donors (Lipinski definition) is 0. The van der Waals surface area contributed by atoms with Crippen LogP contribution in [-0.2, 0) is 64.4 Å². The second kappa shape index (κ2) is 23.1. The average Bonchev–Trinajstić information content (AvgIpc) is 3.11. The van der Waals surface area contributed by atoms with Crippen LogP contribution in [0.25, 0.3) is 11.1 Å². The van der Waals surface area contributed by atoms with Crippen molar-refractivity contribution in [2.45, 2.75) is 32.8 Å². The standard InChI is InChI=1S/C37H56N4O12/c1-38(2)36(44)40(5)12-15-50-32(42)11-14-52-34-28(21-46-7)17-26(18-29(34)22-47-8)27-19-30(23-48-9)35(31(20-27)24-49-10)53-25-33(43)51-16-13-41(6)37(45)39(3)4/h17-20H,11-16,21-25H2,1-10H3. The molecule has 0 aliphatic carbocycles. The number of esters is 2. The van der Waals surface area contributed by atoms with Crippen LogP contribution in [0.1, 0.15) is 28.7 Å². The molecule has 0 spiro atoms. The van der Waals surface area contributed by atoms with E-state index in [1.54, 1.807) is 70.7 Å². The van der Waals surface area contributed by atoms with Crippen LogP contribution in [0.3, 0.4) is 0 Å². The van der Waals surface area contributed by atoms with Gasteiger partial charge in [0.05, 0.1) is 52.5 Å². The second-order valence-electron chi connectivity index (χ2n) is 12.5. The topological polar surface area (TPSA) is 155 Å². The van der Waals surface area contributed by atoms with Crippen LogP contribution >= 0.6 is 0 Å². The van der Waals surface area contributed by atoms with Crippen LogP contribution in [0, 0.1) is 0 Å². The first kappa shape index (κ1) is 44.5. The third-order valence-corrected chi connectivity index (χ3v) is 7.70. The van der Waals surface area contributed by atoms with Gasteiger partial charge in [-0.2, -0.15) is 0 Å². The summed E-state index contributed by atoms with van der Waals surface area (Å²) in [6.45, 7) is 1.06. The van der Waals surface area contributed by atoms with Gasteiger partial charge in [-0.25, -0.2) is 14.4 Å². The highest BCUT2D eigenvalue weighted by molar-refractivity contribution is 5.75. The molecule has 16 heteroatoms. The van der Waals surface area contributed by atoms with E-state index in [0.717, 1.165) is 22.3 Å². The van der Waals surface area contributed by atoms with Gasteiger partial charge in [-0.15, -0.1) is 0 Å². The van der Waals surface area contributed by atoms with Crippen molar-refractivity contribution in [1.82, 2.24) is 19.6 Å². The van der Waals surface area contributed by atoms with Crippen LogP contribution in [-0.4, -0.2) is 154 Å². The maximum atomic E-state index is 12.6. The first-order valence-electron chi connectivity index (χ1n) is 17.0. The van der Waals surface area contributed by atoms with Crippen molar-refractivity contribution in [2.24, 2.45) is 0 Å². The fraction of sp³-hybridized carbons (Fsp3) is 0.568. The van der Waals surface area contributed by atoms with E-state index < -0.39 is 11.9 Å². The van der Waals surface area contributed by atoms with Crippen molar-refractivity contribution < 1.29 is 57.1 Å². The van der Waals surface area contributed by atoms with Crippen molar-refractivity contribution >= 4 is 24.0 Å². The molecule has 0 aliphatic rings. The van der Waals surface area contributed by atoms with E-state index in [4.69, 9.17) is 37.9 Å². The Morgan fingerprint density at radius 3 is 1.23 bits per heavy atom. The van der Waals surface area contributed by atoms with Crippen LogP contribution in [0.5, 0.6) is 11.5 Å². The number of rotatable bonds is 22. The smallest absolute Gasteiger partial charge is 0.344 e. The van der Waals surface area contributed by atoms with Gasteiger partial charge in [-0.05, 0) is 35.4 Å². The summed E-state index contributed by atoms with van der Waals surface area (Å²) in [6.07, 6.45) is -0.00508. The predicted molar refractivity (Wildman–Crippen MR) is 196 cm³/mol. The SMILES string of the molecule is COCc1cc(-c2cc(COC)c(OCC(=O)OCCN(C)C(=O)N(C)C)c(COC)c2)cc(COC)c1OCCC(=O)OCCN(C)C(=O)N(C)C. The Labute approximate surface area is 312 Å². The summed E-state index contributed by atoms with van der Waals surface area (Å²) >= 11 is 0. The molecule has 0 unspecified atom stereocenters. The number of hydrogen-bond acceptors (Lipinski definition) is 12. The van der Waals surface area contributed by atoms with E-state index in [-0.39, 0.29) is 84.4 Å². The highest BCUT2D eigenvalue weighted by Crippen LogP contribution is 2.37. The normalized spacial score (nSPS) is 10.8. The van der Waals surface area contributed by atoms with E-state index in [0.29, 0.717) is 22.6 Å². The summed E-state index contributed by atoms with van der Waals surface area (Å²) < 4.78 is 44.8. The van der Waals surface area contributed by atoms with E-state index in [2.05, 4.69) is 0 Å². The Bertz CT molecular complexity index is 1450. The highest BCUT2D eigenvalue weighted by Gasteiger charge is 2.20. The number of nitrogens with zero attached hydrogens (tertiary/aromatic N) is 4. The molecule has 0 atom stereocenters. The molecule has 0 aliphatic heterocycles. The Hall–Kier alpha value is -4.64. The molecule has 0 aromatic heterocycles. The maximum Gasteiger partial charge on any atom is 0.344 e. The molecule has 0 heterocycles. The van der Waals surface area contributed by atoms with E-state index in [1.165, 1.54) is 19.6 Å². The summed E-state index contributed by atoms with van der Waals surface area (Å²) in [6, 6.07) is 7.30. The van der Waals surface area contributed by atoms with Crippen LogP contribution in [0.4, 0.5) is 9.59 Å². The number of urea groups is 2. The minimum Gasteiger partial charge on any atom is -0.492 e. The Morgan fingerprint density at radius 1 is 0.509 bits per heavy atom. The first-order chi connectivity index (χ1) is 25.3. The third kappa shape index (κ3) is 14.4. The number of likely N-dealkylation sites (N-methyl/N-ethyl adjacent to an activating group) is 2. The molecular weight excluding hydrogens is 692 g/mol. The minimum atomic E-state index is -0.590. The number of methoxy groups -OCH3 is 4. The van der Waals surface area contributed by atoms with Crippen molar-refractivity contribution in [3.05, 3.63) is 46.5 Å². The van der Waals surface area contributed by atoms with Gasteiger partial charge in [-0.1, -0.05) is 0 Å². The van der Waals surface area contributed by atoms with Crippen molar-refractivity contribution in [2.75, 3.05) is 110 Å². The lowest BCUT2D eigenvalue weighted by Crippen LogP contribution is -2.38.